The average molecular weight is 499 g/mol. The molecule has 37 heavy (non-hydrogen) atoms. The molecule has 1 N–H and O–H groups in total. The fourth-order valence-corrected chi connectivity index (χ4v) is 5.90. The second kappa shape index (κ2) is 10.8. The van der Waals surface area contributed by atoms with Gasteiger partial charge in [-0.05, 0) is 81.5 Å². The fraction of sp³-hybridized carbons (Fsp3) is 0.433. The number of pyridine rings is 2. The number of piperidine rings is 1. The number of piperazine rings is 1. The first-order valence-corrected chi connectivity index (χ1v) is 13.4. The van der Waals surface area contributed by atoms with Gasteiger partial charge in [0.1, 0.15) is 11.6 Å². The van der Waals surface area contributed by atoms with Crippen molar-refractivity contribution in [2.75, 3.05) is 47.8 Å². The maximum Gasteiger partial charge on any atom is 0.254 e. The highest BCUT2D eigenvalue weighted by molar-refractivity contribution is 5.99. The van der Waals surface area contributed by atoms with E-state index in [1.54, 1.807) is 0 Å². The number of hydrogen-bond acceptors (Lipinski definition) is 6. The monoisotopic (exact) mass is 498 g/mol. The number of benzene rings is 1. The third-order valence-corrected chi connectivity index (χ3v) is 7.86. The van der Waals surface area contributed by atoms with Crippen LogP contribution in [0.4, 0.5) is 17.3 Å². The SMILES string of the molecule is Cc1cc(C)c(C(=O)N2CCN(c3ccccn3)[C@@H](C)C2)c(C)c1NC1CCN(c2ccccn2)CC1. The molecule has 4 heterocycles. The van der Waals surface area contributed by atoms with Crippen LogP contribution >= 0.6 is 0 Å². The van der Waals surface area contributed by atoms with Crippen molar-refractivity contribution >= 4 is 23.2 Å². The summed E-state index contributed by atoms with van der Waals surface area (Å²) < 4.78 is 0. The largest absolute Gasteiger partial charge is 0.382 e. The van der Waals surface area contributed by atoms with Crippen molar-refractivity contribution in [3.8, 4) is 0 Å². The highest BCUT2D eigenvalue weighted by atomic mass is 16.2. The molecule has 2 saturated heterocycles. The summed E-state index contributed by atoms with van der Waals surface area (Å²) in [5, 5.41) is 3.82. The number of rotatable bonds is 5. The molecule has 2 aliphatic rings. The topological polar surface area (TPSA) is 64.6 Å². The van der Waals surface area contributed by atoms with E-state index in [4.69, 9.17) is 0 Å². The Labute approximate surface area is 220 Å². The van der Waals surface area contributed by atoms with Gasteiger partial charge >= 0.3 is 0 Å². The van der Waals surface area contributed by atoms with Gasteiger partial charge in [-0.2, -0.15) is 0 Å². The Morgan fingerprint density at radius 1 is 0.892 bits per heavy atom. The highest BCUT2D eigenvalue weighted by Gasteiger charge is 2.30. The van der Waals surface area contributed by atoms with Crippen molar-refractivity contribution in [3.05, 3.63) is 77.1 Å². The number of anilines is 3. The predicted octanol–water partition coefficient (Wildman–Crippen LogP) is 4.83. The van der Waals surface area contributed by atoms with Gasteiger partial charge in [0.2, 0.25) is 0 Å². The van der Waals surface area contributed by atoms with E-state index >= 15 is 0 Å². The zero-order valence-corrected chi connectivity index (χ0v) is 22.4. The Bertz CT molecular complexity index is 1220. The second-order valence-corrected chi connectivity index (χ2v) is 10.5. The van der Waals surface area contributed by atoms with Crippen molar-refractivity contribution in [3.63, 3.8) is 0 Å². The molecule has 7 nitrogen and oxygen atoms in total. The van der Waals surface area contributed by atoms with E-state index in [0.29, 0.717) is 19.1 Å². The minimum atomic E-state index is 0.135. The van der Waals surface area contributed by atoms with Crippen LogP contribution in [0.2, 0.25) is 0 Å². The Hall–Kier alpha value is -3.61. The Kier molecular flexibility index (Phi) is 7.31. The van der Waals surface area contributed by atoms with Crippen molar-refractivity contribution in [1.82, 2.24) is 14.9 Å². The van der Waals surface area contributed by atoms with E-state index < -0.39 is 0 Å². The summed E-state index contributed by atoms with van der Waals surface area (Å²) in [7, 11) is 0. The number of hydrogen-bond donors (Lipinski definition) is 1. The molecular weight excluding hydrogens is 460 g/mol. The number of nitrogens with zero attached hydrogens (tertiary/aromatic N) is 5. The Morgan fingerprint density at radius 2 is 1.57 bits per heavy atom. The first-order valence-electron chi connectivity index (χ1n) is 13.4. The third-order valence-electron chi connectivity index (χ3n) is 7.86. The van der Waals surface area contributed by atoms with Crippen molar-refractivity contribution in [2.24, 2.45) is 0 Å². The standard InChI is InChI=1S/C30H38N6O/c1-21-19-22(2)29(33-25-11-15-34(16-12-25)26-9-5-7-13-31-26)24(4)28(21)30(37)35-17-18-36(23(3)20-35)27-10-6-8-14-32-27/h5-10,13-14,19,23,25,33H,11-12,15-18,20H2,1-4H3/t23-/m0/s1. The summed E-state index contributed by atoms with van der Waals surface area (Å²) in [4.78, 5) is 29.5. The minimum absolute atomic E-state index is 0.135. The summed E-state index contributed by atoms with van der Waals surface area (Å²) >= 11 is 0. The van der Waals surface area contributed by atoms with Crippen LogP contribution in [0.15, 0.2) is 54.9 Å². The van der Waals surface area contributed by atoms with Gasteiger partial charge in [0.15, 0.2) is 0 Å². The smallest absolute Gasteiger partial charge is 0.254 e. The van der Waals surface area contributed by atoms with Crippen LogP contribution < -0.4 is 15.1 Å². The van der Waals surface area contributed by atoms with Gasteiger partial charge in [0.05, 0.1) is 0 Å². The van der Waals surface area contributed by atoms with Crippen molar-refractivity contribution < 1.29 is 4.79 Å². The lowest BCUT2D eigenvalue weighted by Crippen LogP contribution is -2.54. The normalized spacial score (nSPS) is 18.7. The van der Waals surface area contributed by atoms with Gasteiger partial charge in [-0.25, -0.2) is 9.97 Å². The molecule has 0 spiro atoms. The van der Waals surface area contributed by atoms with E-state index in [1.807, 2.05) is 47.6 Å². The molecular formula is C30H38N6O. The molecule has 3 aromatic rings. The Balaban J connectivity index is 1.28. The van der Waals surface area contributed by atoms with Crippen LogP contribution in [0, 0.1) is 20.8 Å². The first-order chi connectivity index (χ1) is 17.9. The van der Waals surface area contributed by atoms with Gasteiger partial charge in [-0.3, -0.25) is 4.79 Å². The predicted molar refractivity (Wildman–Crippen MR) is 151 cm³/mol. The van der Waals surface area contributed by atoms with Crippen LogP contribution in [0.25, 0.3) is 0 Å². The molecule has 2 aromatic heterocycles. The zero-order chi connectivity index (χ0) is 25.9. The van der Waals surface area contributed by atoms with Crippen LogP contribution in [0.3, 0.4) is 0 Å². The summed E-state index contributed by atoms with van der Waals surface area (Å²) in [6.45, 7) is 12.6. The molecule has 1 aromatic carbocycles. The van der Waals surface area contributed by atoms with E-state index in [0.717, 1.165) is 66.5 Å². The number of aromatic nitrogens is 2. The van der Waals surface area contributed by atoms with E-state index in [2.05, 4.69) is 64.9 Å². The first kappa shape index (κ1) is 25.1. The zero-order valence-electron chi connectivity index (χ0n) is 22.4. The van der Waals surface area contributed by atoms with Gasteiger partial charge in [-0.15, -0.1) is 0 Å². The molecule has 0 saturated carbocycles. The number of carbonyl (C=O) groups excluding carboxylic acids is 1. The van der Waals surface area contributed by atoms with Gasteiger partial charge in [0.25, 0.3) is 5.91 Å². The van der Waals surface area contributed by atoms with E-state index in [1.165, 1.54) is 5.56 Å². The van der Waals surface area contributed by atoms with Crippen LogP contribution in [0.5, 0.6) is 0 Å². The quantitative estimate of drug-likeness (QED) is 0.543. The fourth-order valence-electron chi connectivity index (χ4n) is 5.90. The highest BCUT2D eigenvalue weighted by Crippen LogP contribution is 2.31. The molecule has 0 aliphatic carbocycles. The molecule has 5 rings (SSSR count). The summed E-state index contributed by atoms with van der Waals surface area (Å²) in [5.74, 6) is 2.16. The molecule has 0 unspecified atom stereocenters. The molecule has 194 valence electrons. The number of aryl methyl sites for hydroxylation is 2. The number of amides is 1. The van der Waals surface area contributed by atoms with Crippen molar-refractivity contribution in [2.45, 2.75) is 52.6 Å². The van der Waals surface area contributed by atoms with Crippen molar-refractivity contribution in [1.29, 1.82) is 0 Å². The Morgan fingerprint density at radius 3 is 2.19 bits per heavy atom. The lowest BCUT2D eigenvalue weighted by atomic mass is 9.94. The van der Waals surface area contributed by atoms with Crippen LogP contribution in [-0.4, -0.2) is 65.6 Å². The van der Waals surface area contributed by atoms with E-state index in [9.17, 15) is 4.79 Å². The lowest BCUT2D eigenvalue weighted by Gasteiger charge is -2.41. The maximum atomic E-state index is 13.8. The minimum Gasteiger partial charge on any atom is -0.382 e. The second-order valence-electron chi connectivity index (χ2n) is 10.5. The molecule has 0 bridgehead atoms. The van der Waals surface area contributed by atoms with E-state index in [-0.39, 0.29) is 11.9 Å². The number of carbonyl (C=O) groups is 1. The summed E-state index contributed by atoms with van der Waals surface area (Å²) in [6.07, 6.45) is 5.77. The van der Waals surface area contributed by atoms with Gasteiger partial charge < -0.3 is 20.0 Å². The molecule has 0 radical (unpaired) electrons. The molecule has 1 amide bonds. The van der Waals surface area contributed by atoms with Crippen LogP contribution in [0.1, 0.15) is 46.8 Å². The molecule has 1 atom stereocenters. The van der Waals surface area contributed by atoms with Gasteiger partial charge in [-0.1, -0.05) is 18.2 Å². The maximum absolute atomic E-state index is 13.8. The van der Waals surface area contributed by atoms with Gasteiger partial charge in [0, 0.05) is 68.5 Å². The van der Waals surface area contributed by atoms with Crippen LogP contribution in [-0.2, 0) is 0 Å². The molecule has 2 fully saturated rings. The number of nitrogens with one attached hydrogen (secondary N) is 1. The molecule has 7 heteroatoms. The average Bonchev–Trinajstić information content (AvgIpc) is 2.92. The molecule has 2 aliphatic heterocycles. The third kappa shape index (κ3) is 5.26. The summed E-state index contributed by atoms with van der Waals surface area (Å²) in [5.41, 5.74) is 5.28. The summed E-state index contributed by atoms with van der Waals surface area (Å²) in [6, 6.07) is 14.8. The lowest BCUT2D eigenvalue weighted by molar-refractivity contribution is 0.0724.